The van der Waals surface area contributed by atoms with Gasteiger partial charge in [-0.15, -0.1) is 0 Å². The van der Waals surface area contributed by atoms with Crippen LogP contribution in [0.5, 0.6) is 0 Å². The molecule has 152 valence electrons. The Morgan fingerprint density at radius 1 is 1.19 bits per heavy atom. The summed E-state index contributed by atoms with van der Waals surface area (Å²) >= 11 is 0. The fourth-order valence-electron chi connectivity index (χ4n) is 3.37. The topological polar surface area (TPSA) is 48.9 Å². The number of hydrogen-bond acceptors (Lipinski definition) is 3. The van der Waals surface area contributed by atoms with Crippen LogP contribution in [-0.2, 0) is 17.9 Å². The number of likely N-dealkylation sites (tertiary alicyclic amines) is 1. The summed E-state index contributed by atoms with van der Waals surface area (Å²) < 4.78 is 18.8. The molecule has 1 aromatic rings. The summed E-state index contributed by atoms with van der Waals surface area (Å²) in [6.07, 6.45) is 6.53. The van der Waals surface area contributed by atoms with Crippen LogP contribution < -0.4 is 10.6 Å². The van der Waals surface area contributed by atoms with E-state index in [1.807, 2.05) is 6.07 Å². The molecule has 1 aliphatic rings. The molecule has 0 amide bonds. The third-order valence-corrected chi connectivity index (χ3v) is 4.82. The van der Waals surface area contributed by atoms with Gasteiger partial charge in [-0.2, -0.15) is 0 Å². The third kappa shape index (κ3) is 8.26. The van der Waals surface area contributed by atoms with Crippen molar-refractivity contribution in [2.45, 2.75) is 52.2 Å². The predicted octanol–water partition coefficient (Wildman–Crippen LogP) is 3.29. The molecule has 1 saturated heterocycles. The van der Waals surface area contributed by atoms with Gasteiger partial charge >= 0.3 is 0 Å². The second-order valence-electron chi connectivity index (χ2n) is 7.09. The van der Waals surface area contributed by atoms with Crippen molar-refractivity contribution in [2.75, 3.05) is 39.8 Å². The number of guanidine groups is 1. The average molecular weight is 379 g/mol. The lowest BCUT2D eigenvalue weighted by molar-refractivity contribution is 0.181. The smallest absolute Gasteiger partial charge is 0.191 e. The number of nitrogens with one attached hydrogen (secondary N) is 2. The summed E-state index contributed by atoms with van der Waals surface area (Å²) in [4.78, 5) is 7.21. The average Bonchev–Trinajstić information content (AvgIpc) is 2.94. The van der Waals surface area contributed by atoms with Crippen LogP contribution in [-0.4, -0.2) is 50.7 Å². The number of ether oxygens (including phenoxy) is 1. The molecule has 0 bridgehead atoms. The van der Waals surface area contributed by atoms with Crippen LogP contribution in [0.4, 0.5) is 4.39 Å². The van der Waals surface area contributed by atoms with Crippen molar-refractivity contribution in [3.8, 4) is 0 Å². The van der Waals surface area contributed by atoms with Gasteiger partial charge in [-0.1, -0.05) is 18.9 Å². The summed E-state index contributed by atoms with van der Waals surface area (Å²) in [5.41, 5.74) is 1.55. The van der Waals surface area contributed by atoms with Crippen molar-refractivity contribution >= 4 is 5.96 Å². The molecule has 0 atom stereocenters. The summed E-state index contributed by atoms with van der Waals surface area (Å²) in [7, 11) is 1.57. The molecular weight excluding hydrogens is 343 g/mol. The van der Waals surface area contributed by atoms with Crippen LogP contribution in [0.1, 0.15) is 50.2 Å². The molecule has 0 aromatic heterocycles. The fourth-order valence-corrected chi connectivity index (χ4v) is 3.37. The van der Waals surface area contributed by atoms with Gasteiger partial charge in [0.2, 0.25) is 0 Å². The number of hydrogen-bond donors (Lipinski definition) is 2. The monoisotopic (exact) mass is 378 g/mol. The van der Waals surface area contributed by atoms with Gasteiger partial charge in [-0.25, -0.2) is 9.38 Å². The molecule has 5 nitrogen and oxygen atoms in total. The molecule has 2 rings (SSSR count). The number of methoxy groups -OCH3 is 1. The number of aliphatic imine (C=N–C) groups is 1. The van der Waals surface area contributed by atoms with E-state index in [2.05, 4.69) is 27.4 Å². The molecule has 6 heteroatoms. The van der Waals surface area contributed by atoms with Gasteiger partial charge in [0.15, 0.2) is 5.96 Å². The molecule has 0 spiro atoms. The van der Waals surface area contributed by atoms with Crippen molar-refractivity contribution in [2.24, 2.45) is 4.99 Å². The Balaban J connectivity index is 1.80. The van der Waals surface area contributed by atoms with Crippen LogP contribution in [0.15, 0.2) is 23.2 Å². The van der Waals surface area contributed by atoms with Crippen LogP contribution in [0, 0.1) is 5.82 Å². The largest absolute Gasteiger partial charge is 0.380 e. The Bertz CT molecular complexity index is 571. The normalized spacial score (nSPS) is 16.2. The van der Waals surface area contributed by atoms with Crippen LogP contribution in [0.25, 0.3) is 0 Å². The van der Waals surface area contributed by atoms with Crippen molar-refractivity contribution in [3.63, 3.8) is 0 Å². The lowest BCUT2D eigenvalue weighted by atomic mass is 10.1. The minimum atomic E-state index is -0.233. The van der Waals surface area contributed by atoms with Crippen molar-refractivity contribution < 1.29 is 9.13 Å². The zero-order valence-electron chi connectivity index (χ0n) is 16.9. The second-order valence-corrected chi connectivity index (χ2v) is 7.09. The zero-order chi connectivity index (χ0) is 19.3. The van der Waals surface area contributed by atoms with Crippen LogP contribution >= 0.6 is 0 Å². The molecule has 0 saturated carbocycles. The fraction of sp³-hybridized carbons (Fsp3) is 0.667. The first-order chi connectivity index (χ1) is 13.2. The van der Waals surface area contributed by atoms with E-state index in [1.165, 1.54) is 44.8 Å². The lowest BCUT2D eigenvalue weighted by Crippen LogP contribution is -2.39. The molecular formula is C21H35FN4O. The Morgan fingerprint density at radius 2 is 1.96 bits per heavy atom. The lowest BCUT2D eigenvalue weighted by Gasteiger charge is -2.20. The highest BCUT2D eigenvalue weighted by Gasteiger charge is 2.08. The minimum absolute atomic E-state index is 0.233. The maximum atomic E-state index is 13.7. The van der Waals surface area contributed by atoms with E-state index >= 15 is 0 Å². The maximum absolute atomic E-state index is 13.7. The van der Waals surface area contributed by atoms with Crippen molar-refractivity contribution in [1.82, 2.24) is 15.5 Å². The Hall–Kier alpha value is -1.66. The maximum Gasteiger partial charge on any atom is 0.191 e. The van der Waals surface area contributed by atoms with Gasteiger partial charge in [-0.3, -0.25) is 0 Å². The van der Waals surface area contributed by atoms with Crippen LogP contribution in [0.2, 0.25) is 0 Å². The highest BCUT2D eigenvalue weighted by molar-refractivity contribution is 5.79. The van der Waals surface area contributed by atoms with Gasteiger partial charge in [-0.05, 0) is 63.5 Å². The molecule has 2 N–H and O–H groups in total. The van der Waals surface area contributed by atoms with Gasteiger partial charge in [0.25, 0.3) is 0 Å². The van der Waals surface area contributed by atoms with E-state index in [0.717, 1.165) is 37.6 Å². The quantitative estimate of drug-likeness (QED) is 0.393. The number of benzene rings is 1. The van der Waals surface area contributed by atoms with Gasteiger partial charge in [0, 0.05) is 25.8 Å². The minimum Gasteiger partial charge on any atom is -0.380 e. The first-order valence-electron chi connectivity index (χ1n) is 10.2. The Kier molecular flexibility index (Phi) is 10.2. The summed E-state index contributed by atoms with van der Waals surface area (Å²) in [6, 6.07) is 5.09. The number of nitrogens with zero attached hydrogens (tertiary/aromatic N) is 2. The number of halogens is 1. The highest BCUT2D eigenvalue weighted by atomic mass is 19.1. The van der Waals surface area contributed by atoms with Gasteiger partial charge < -0.3 is 20.3 Å². The van der Waals surface area contributed by atoms with E-state index in [9.17, 15) is 4.39 Å². The Morgan fingerprint density at radius 3 is 2.67 bits per heavy atom. The molecule has 0 aliphatic carbocycles. The molecule has 0 unspecified atom stereocenters. The van der Waals surface area contributed by atoms with Gasteiger partial charge in [0.05, 0.1) is 13.2 Å². The number of rotatable bonds is 9. The molecule has 1 aromatic carbocycles. The van der Waals surface area contributed by atoms with E-state index in [4.69, 9.17) is 4.74 Å². The molecule has 27 heavy (non-hydrogen) atoms. The van der Waals surface area contributed by atoms with Crippen LogP contribution in [0.3, 0.4) is 0 Å². The molecule has 1 aliphatic heterocycles. The summed E-state index contributed by atoms with van der Waals surface area (Å²) in [6.45, 7) is 8.19. The van der Waals surface area contributed by atoms with Gasteiger partial charge in [0.1, 0.15) is 5.82 Å². The molecule has 1 fully saturated rings. The zero-order valence-corrected chi connectivity index (χ0v) is 16.9. The first kappa shape index (κ1) is 21.6. The van der Waals surface area contributed by atoms with E-state index in [1.54, 1.807) is 13.2 Å². The standard InChI is InChI=1S/C21H35FN4O/c1-3-23-21(24-11-8-14-26-12-6-4-5-7-13-26)25-16-18-9-10-20(22)19(15-18)17-27-2/h9-10,15H,3-8,11-14,16-17H2,1-2H3,(H2,23,24,25). The first-order valence-corrected chi connectivity index (χ1v) is 10.2. The van der Waals surface area contributed by atoms with E-state index in [0.29, 0.717) is 12.1 Å². The Labute approximate surface area is 163 Å². The van der Waals surface area contributed by atoms with E-state index < -0.39 is 0 Å². The predicted molar refractivity (Wildman–Crippen MR) is 109 cm³/mol. The van der Waals surface area contributed by atoms with Crippen molar-refractivity contribution in [1.29, 1.82) is 0 Å². The summed E-state index contributed by atoms with van der Waals surface area (Å²) in [5.74, 6) is 0.578. The summed E-state index contributed by atoms with van der Waals surface area (Å²) in [5, 5.41) is 6.69. The second kappa shape index (κ2) is 12.7. The van der Waals surface area contributed by atoms with Crippen molar-refractivity contribution in [3.05, 3.63) is 35.1 Å². The molecule has 0 radical (unpaired) electrons. The third-order valence-electron chi connectivity index (χ3n) is 4.82. The van der Waals surface area contributed by atoms with E-state index in [-0.39, 0.29) is 12.4 Å². The molecule has 1 heterocycles. The highest BCUT2D eigenvalue weighted by Crippen LogP contribution is 2.12. The SMILES string of the molecule is CCNC(=NCc1ccc(F)c(COC)c1)NCCCN1CCCCCC1.